The number of carbonyl (C=O) groups is 2. The van der Waals surface area contributed by atoms with Crippen molar-refractivity contribution in [3.05, 3.63) is 63.1 Å². The molecule has 0 amide bonds. The van der Waals surface area contributed by atoms with Gasteiger partial charge in [-0.2, -0.15) is 18.6 Å². The Hall–Kier alpha value is -2.67. The van der Waals surface area contributed by atoms with E-state index in [1.54, 1.807) is 56.6 Å². The van der Waals surface area contributed by atoms with Crippen molar-refractivity contribution in [1.29, 1.82) is 0 Å². The first-order valence-corrected chi connectivity index (χ1v) is 15.0. The van der Waals surface area contributed by atoms with Crippen LogP contribution in [0.2, 0.25) is 10.0 Å². The van der Waals surface area contributed by atoms with Crippen LogP contribution in [0.4, 0.5) is 5.82 Å². The van der Waals surface area contributed by atoms with Crippen LogP contribution in [-0.4, -0.2) is 73.1 Å². The van der Waals surface area contributed by atoms with E-state index in [1.165, 1.54) is 9.69 Å². The Labute approximate surface area is 268 Å². The molecule has 1 atom stereocenters. The molecule has 1 aliphatic rings. The molecule has 230 valence electrons. The second-order valence-corrected chi connectivity index (χ2v) is 10.8. The summed E-state index contributed by atoms with van der Waals surface area (Å²) < 4.78 is 44.1. The fourth-order valence-corrected chi connectivity index (χ4v) is 4.30. The molecule has 19 heteroatoms. The highest BCUT2D eigenvalue weighted by atomic mass is 79.9. The molecule has 0 saturated carbocycles. The number of ether oxygens (including phenoxy) is 2. The molecule has 0 fully saturated rings. The van der Waals surface area contributed by atoms with E-state index in [1.807, 2.05) is 0 Å². The van der Waals surface area contributed by atoms with E-state index >= 15 is 0 Å². The normalized spacial score (nSPS) is 13.9. The number of nitrogens with zero attached hydrogens (tertiary/aromatic N) is 6. The van der Waals surface area contributed by atoms with Gasteiger partial charge in [-0.15, -0.1) is 0 Å². The lowest BCUT2D eigenvalue weighted by atomic mass is 10.2. The predicted octanol–water partition coefficient (Wildman–Crippen LogP) is 5.43. The van der Waals surface area contributed by atoms with Crippen LogP contribution >= 0.6 is 55.1 Å². The van der Waals surface area contributed by atoms with Gasteiger partial charge in [-0.1, -0.05) is 30.6 Å². The van der Waals surface area contributed by atoms with E-state index in [0.29, 0.717) is 43.9 Å². The monoisotopic (exact) mass is 774 g/mol. The minimum absolute atomic E-state index is 0. The Bertz CT molecular complexity index is 1500. The van der Waals surface area contributed by atoms with Gasteiger partial charge in [0.1, 0.15) is 9.22 Å². The van der Waals surface area contributed by atoms with Crippen molar-refractivity contribution in [3.8, 4) is 5.82 Å². The summed E-state index contributed by atoms with van der Waals surface area (Å²) in [6, 6.07) is 7.84. The van der Waals surface area contributed by atoms with Crippen molar-refractivity contribution in [2.45, 2.75) is 33.7 Å². The highest BCUT2D eigenvalue weighted by molar-refractivity contribution is 9.18. The van der Waals surface area contributed by atoms with Gasteiger partial charge in [0.15, 0.2) is 23.4 Å². The molecular weight excluding hydrogens is 751 g/mol. The van der Waals surface area contributed by atoms with Gasteiger partial charge < -0.3 is 9.47 Å². The zero-order valence-corrected chi connectivity index (χ0v) is 26.7. The third-order valence-corrected chi connectivity index (χ3v) is 5.95. The third kappa shape index (κ3) is 11.5. The Morgan fingerprint density at radius 3 is 2.05 bits per heavy atom. The number of anilines is 1. The maximum absolute atomic E-state index is 11.9. The van der Waals surface area contributed by atoms with Gasteiger partial charge in [-0.25, -0.2) is 29.2 Å². The Morgan fingerprint density at radius 2 is 1.55 bits per heavy atom. The highest BCUT2D eigenvalue weighted by Gasteiger charge is 2.35. The first-order chi connectivity index (χ1) is 19.3. The Kier molecular flexibility index (Phi) is 15.5. The number of hydrazone groups is 1. The SMILES string of the molecule is C.CCOC(=O)C1CC(Br)=NN1c1ncccc1Cl.CCOC(=O)c1cc(Br)nn1-c1ncccc1Cl.O=S(=O)(O)O. The zero-order chi connectivity index (χ0) is 30.7. The standard InChI is InChI=1S/C11H11BrClN3O2.C11H9BrClN3O2.CH4.H2O4S/c2*1-2-18-11(17)8-6-9(12)15-16(8)10-7(13)4-3-5-14-10;;1-5(2,3)4/h3-5,8H,2,6H2,1H3;3-6H,2H2,1H3;1H4;(H2,1,2,3,4). The summed E-state index contributed by atoms with van der Waals surface area (Å²) in [5.41, 5.74) is 0.268. The van der Waals surface area contributed by atoms with E-state index < -0.39 is 22.4 Å². The van der Waals surface area contributed by atoms with E-state index in [2.05, 4.69) is 52.0 Å². The van der Waals surface area contributed by atoms with Crippen molar-refractivity contribution < 1.29 is 36.6 Å². The van der Waals surface area contributed by atoms with Gasteiger partial charge in [-0.05, 0) is 70.0 Å². The summed E-state index contributed by atoms with van der Waals surface area (Å²) in [5.74, 6) is 0.0226. The first-order valence-electron chi connectivity index (χ1n) is 11.3. The molecule has 1 aliphatic heterocycles. The van der Waals surface area contributed by atoms with Crippen LogP contribution in [0.5, 0.6) is 0 Å². The molecule has 1 unspecified atom stereocenters. The van der Waals surface area contributed by atoms with Crippen LogP contribution in [0.1, 0.15) is 38.2 Å². The van der Waals surface area contributed by atoms with Gasteiger partial charge in [0.25, 0.3) is 0 Å². The minimum Gasteiger partial charge on any atom is -0.464 e. The quantitative estimate of drug-likeness (QED) is 0.239. The zero-order valence-electron chi connectivity index (χ0n) is 21.2. The van der Waals surface area contributed by atoms with Crippen molar-refractivity contribution in [1.82, 2.24) is 19.7 Å². The van der Waals surface area contributed by atoms with Crippen molar-refractivity contribution in [3.63, 3.8) is 0 Å². The summed E-state index contributed by atoms with van der Waals surface area (Å²) in [6.07, 6.45) is 3.63. The molecule has 4 rings (SSSR count). The molecule has 0 bridgehead atoms. The van der Waals surface area contributed by atoms with Gasteiger partial charge in [0, 0.05) is 24.9 Å². The maximum Gasteiger partial charge on any atom is 0.394 e. The first kappa shape index (κ1) is 37.4. The Morgan fingerprint density at radius 1 is 1.02 bits per heavy atom. The summed E-state index contributed by atoms with van der Waals surface area (Å²) in [4.78, 5) is 31.9. The lowest BCUT2D eigenvalue weighted by molar-refractivity contribution is -0.144. The smallest absolute Gasteiger partial charge is 0.394 e. The molecule has 0 saturated heterocycles. The molecule has 3 aromatic rings. The van der Waals surface area contributed by atoms with Crippen LogP contribution in [0, 0.1) is 0 Å². The fraction of sp³-hybridized carbons (Fsp3) is 0.304. The number of aromatic nitrogens is 4. The van der Waals surface area contributed by atoms with E-state index in [4.69, 9.17) is 50.2 Å². The second-order valence-electron chi connectivity index (χ2n) is 7.34. The number of carbonyl (C=O) groups excluding carboxylic acids is 2. The number of halogens is 4. The molecule has 4 heterocycles. The van der Waals surface area contributed by atoms with Crippen molar-refractivity contribution in [2.24, 2.45) is 5.10 Å². The summed E-state index contributed by atoms with van der Waals surface area (Å²) >= 11 is 18.6. The molecule has 0 radical (unpaired) electrons. The lowest BCUT2D eigenvalue weighted by Gasteiger charge is -2.21. The largest absolute Gasteiger partial charge is 0.464 e. The average Bonchev–Trinajstić information content (AvgIpc) is 3.47. The van der Waals surface area contributed by atoms with Crippen molar-refractivity contribution in [2.75, 3.05) is 18.2 Å². The van der Waals surface area contributed by atoms with Crippen LogP contribution in [0.3, 0.4) is 0 Å². The van der Waals surface area contributed by atoms with Gasteiger partial charge in [0.2, 0.25) is 0 Å². The van der Waals surface area contributed by atoms with Gasteiger partial charge >= 0.3 is 22.3 Å². The summed E-state index contributed by atoms with van der Waals surface area (Å²) in [5, 5.41) is 10.7. The lowest BCUT2D eigenvalue weighted by Crippen LogP contribution is -2.36. The number of pyridine rings is 2. The molecular formula is C23H26Br2Cl2N6O8S. The topological polar surface area (TPSA) is 186 Å². The van der Waals surface area contributed by atoms with E-state index in [-0.39, 0.29) is 25.7 Å². The molecule has 2 N–H and O–H groups in total. The maximum atomic E-state index is 11.9. The summed E-state index contributed by atoms with van der Waals surface area (Å²) in [7, 11) is -4.67. The minimum atomic E-state index is -4.67. The summed E-state index contributed by atoms with van der Waals surface area (Å²) in [6.45, 7) is 4.12. The van der Waals surface area contributed by atoms with Gasteiger partial charge in [0.05, 0.1) is 23.3 Å². The molecule has 0 aliphatic carbocycles. The predicted molar refractivity (Wildman–Crippen MR) is 164 cm³/mol. The van der Waals surface area contributed by atoms with Crippen LogP contribution in [0.15, 0.2) is 52.4 Å². The fourth-order valence-electron chi connectivity index (χ4n) is 3.03. The molecule has 3 aromatic heterocycles. The highest BCUT2D eigenvalue weighted by Crippen LogP contribution is 2.30. The number of esters is 2. The van der Waals surface area contributed by atoms with Crippen LogP contribution in [-0.2, 0) is 24.7 Å². The third-order valence-electron chi connectivity index (χ3n) is 4.49. The molecule has 0 aromatic carbocycles. The van der Waals surface area contributed by atoms with Gasteiger partial charge in [-0.3, -0.25) is 9.11 Å². The molecule has 0 spiro atoms. The van der Waals surface area contributed by atoms with E-state index in [9.17, 15) is 9.59 Å². The number of hydrogen-bond donors (Lipinski definition) is 2. The average molecular weight is 777 g/mol. The van der Waals surface area contributed by atoms with Crippen LogP contribution in [0.25, 0.3) is 5.82 Å². The molecule has 14 nitrogen and oxygen atoms in total. The number of hydrogen-bond acceptors (Lipinski definition) is 11. The second kappa shape index (κ2) is 17.4. The molecule has 42 heavy (non-hydrogen) atoms. The number of rotatable bonds is 6. The Balaban J connectivity index is 0.000000355. The van der Waals surface area contributed by atoms with Crippen molar-refractivity contribution >= 4 is 87.8 Å². The van der Waals surface area contributed by atoms with E-state index in [0.717, 1.165) is 0 Å². The van der Waals surface area contributed by atoms with Crippen LogP contribution < -0.4 is 5.01 Å².